The van der Waals surface area contributed by atoms with E-state index in [1.807, 2.05) is 24.3 Å². The molecule has 1 aliphatic heterocycles. The van der Waals surface area contributed by atoms with E-state index in [0.29, 0.717) is 12.5 Å². The van der Waals surface area contributed by atoms with Gasteiger partial charge in [-0.1, -0.05) is 29.5 Å². The summed E-state index contributed by atoms with van der Waals surface area (Å²) in [5.74, 6) is 0.472. The molecular weight excluding hydrogens is 309 g/mol. The van der Waals surface area contributed by atoms with E-state index in [-0.39, 0.29) is 5.82 Å². The summed E-state index contributed by atoms with van der Waals surface area (Å²) in [6.07, 6.45) is 1.93. The van der Waals surface area contributed by atoms with Gasteiger partial charge in [-0.05, 0) is 61.6 Å². The van der Waals surface area contributed by atoms with Crippen molar-refractivity contribution >= 4 is 23.3 Å². The quantitative estimate of drug-likeness (QED) is 0.679. The number of hydrogen-bond acceptors (Lipinski definition) is 3. The van der Waals surface area contributed by atoms with Crippen LogP contribution in [0.5, 0.6) is 0 Å². The van der Waals surface area contributed by atoms with Gasteiger partial charge in [0, 0.05) is 10.5 Å². The second-order valence-electron chi connectivity index (χ2n) is 5.42. The van der Waals surface area contributed by atoms with Gasteiger partial charge in [-0.3, -0.25) is 0 Å². The molecule has 0 spiro atoms. The first kappa shape index (κ1) is 15.8. The second-order valence-corrected chi connectivity index (χ2v) is 6.36. The van der Waals surface area contributed by atoms with Gasteiger partial charge in [0.1, 0.15) is 5.82 Å². The van der Waals surface area contributed by atoms with Crippen LogP contribution in [-0.4, -0.2) is 12.5 Å². The van der Waals surface area contributed by atoms with Crippen LogP contribution in [0.4, 0.5) is 10.1 Å². The maximum atomic E-state index is 13.0. The first-order chi connectivity index (χ1) is 11.2. The maximum Gasteiger partial charge on any atom is 0.217 e. The Morgan fingerprint density at radius 2 is 1.83 bits per heavy atom. The van der Waals surface area contributed by atoms with Gasteiger partial charge in [0.05, 0.1) is 12.3 Å². The van der Waals surface area contributed by atoms with Crippen molar-refractivity contribution in [2.45, 2.75) is 24.7 Å². The van der Waals surface area contributed by atoms with Crippen LogP contribution in [0.25, 0.3) is 0 Å². The minimum atomic E-state index is -0.218. The highest BCUT2D eigenvalue weighted by Crippen LogP contribution is 2.26. The van der Waals surface area contributed by atoms with Crippen LogP contribution in [0, 0.1) is 12.7 Å². The number of halogens is 1. The van der Waals surface area contributed by atoms with Gasteiger partial charge in [-0.15, -0.1) is 0 Å². The highest BCUT2D eigenvalue weighted by atomic mass is 32.2. The molecule has 2 aromatic rings. The van der Waals surface area contributed by atoms with Crippen LogP contribution in [0.15, 0.2) is 69.4 Å². The number of nitrogens with zero attached hydrogens (tertiary/aromatic N) is 1. The van der Waals surface area contributed by atoms with Crippen LogP contribution in [0.3, 0.4) is 0 Å². The SMILES string of the molecule is Cc1ccc(N=C2OCCC/C2=C\Sc2ccc(F)cc2)cc1. The van der Waals surface area contributed by atoms with Crippen molar-refractivity contribution in [3.8, 4) is 0 Å². The zero-order valence-corrected chi connectivity index (χ0v) is 13.8. The van der Waals surface area contributed by atoms with Crippen LogP contribution in [0.1, 0.15) is 18.4 Å². The summed E-state index contributed by atoms with van der Waals surface area (Å²) in [6, 6.07) is 14.6. The predicted octanol–water partition coefficient (Wildman–Crippen LogP) is 5.65. The number of benzene rings is 2. The minimum Gasteiger partial charge on any atom is -0.477 e. The van der Waals surface area contributed by atoms with Crippen molar-refractivity contribution in [3.63, 3.8) is 0 Å². The molecule has 23 heavy (non-hydrogen) atoms. The molecule has 0 radical (unpaired) electrons. The summed E-state index contributed by atoms with van der Waals surface area (Å²) < 4.78 is 18.7. The first-order valence-corrected chi connectivity index (χ1v) is 8.48. The molecule has 1 aliphatic rings. The highest BCUT2D eigenvalue weighted by Gasteiger charge is 2.15. The Kier molecular flexibility index (Phi) is 5.13. The standard InChI is InChI=1S/C19H18FNOS/c1-14-4-8-17(9-5-14)21-19-15(3-2-12-22-19)13-23-18-10-6-16(20)7-11-18/h4-11,13H,2-3,12H2,1H3/b15-13+,21-19?. The summed E-state index contributed by atoms with van der Waals surface area (Å²) in [6.45, 7) is 2.75. The Morgan fingerprint density at radius 3 is 2.57 bits per heavy atom. The molecule has 0 bridgehead atoms. The fourth-order valence-electron chi connectivity index (χ4n) is 2.23. The number of thioether (sulfide) groups is 1. The fourth-order valence-corrected chi connectivity index (χ4v) is 3.02. The van der Waals surface area contributed by atoms with Gasteiger partial charge in [0.2, 0.25) is 5.90 Å². The largest absolute Gasteiger partial charge is 0.477 e. The van der Waals surface area contributed by atoms with Crippen molar-refractivity contribution in [1.29, 1.82) is 0 Å². The molecule has 0 amide bonds. The summed E-state index contributed by atoms with van der Waals surface area (Å²) in [4.78, 5) is 5.62. The van der Waals surface area contributed by atoms with Crippen LogP contribution in [0.2, 0.25) is 0 Å². The summed E-state index contributed by atoms with van der Waals surface area (Å²) in [5, 5.41) is 2.05. The number of aryl methyl sites for hydroxylation is 1. The lowest BCUT2D eigenvalue weighted by Crippen LogP contribution is -2.15. The van der Waals surface area contributed by atoms with Crippen molar-refractivity contribution in [1.82, 2.24) is 0 Å². The summed E-state index contributed by atoms with van der Waals surface area (Å²) in [7, 11) is 0. The van der Waals surface area contributed by atoms with Crippen molar-refractivity contribution < 1.29 is 9.13 Å². The van der Waals surface area contributed by atoms with E-state index in [1.54, 1.807) is 23.9 Å². The predicted molar refractivity (Wildman–Crippen MR) is 93.8 cm³/mol. The lowest BCUT2D eigenvalue weighted by atomic mass is 10.1. The molecular formula is C19H18FNOS. The lowest BCUT2D eigenvalue weighted by molar-refractivity contribution is 0.281. The highest BCUT2D eigenvalue weighted by molar-refractivity contribution is 8.02. The van der Waals surface area contributed by atoms with Crippen LogP contribution in [-0.2, 0) is 4.74 Å². The monoisotopic (exact) mass is 327 g/mol. The Labute approximate surface area is 140 Å². The fraction of sp³-hybridized carbons (Fsp3) is 0.211. The number of aliphatic imine (C=N–C) groups is 1. The van der Waals surface area contributed by atoms with Crippen molar-refractivity contribution in [2.24, 2.45) is 4.99 Å². The van der Waals surface area contributed by atoms with Crippen LogP contribution >= 0.6 is 11.8 Å². The molecule has 0 N–H and O–H groups in total. The van der Waals surface area contributed by atoms with E-state index in [2.05, 4.69) is 17.3 Å². The van der Waals surface area contributed by atoms with Crippen LogP contribution < -0.4 is 0 Å². The van der Waals surface area contributed by atoms with Gasteiger partial charge >= 0.3 is 0 Å². The maximum absolute atomic E-state index is 13.0. The third-order valence-electron chi connectivity index (χ3n) is 3.52. The molecule has 3 rings (SSSR count). The topological polar surface area (TPSA) is 21.6 Å². The number of hydrogen-bond donors (Lipinski definition) is 0. The molecule has 1 heterocycles. The zero-order chi connectivity index (χ0) is 16.1. The van der Waals surface area contributed by atoms with E-state index < -0.39 is 0 Å². The molecule has 0 aliphatic carbocycles. The van der Waals surface area contributed by atoms with Gasteiger partial charge in [0.15, 0.2) is 0 Å². The Hall–Kier alpha value is -2.07. The smallest absolute Gasteiger partial charge is 0.217 e. The molecule has 0 saturated carbocycles. The van der Waals surface area contributed by atoms with Gasteiger partial charge in [-0.2, -0.15) is 0 Å². The molecule has 118 valence electrons. The van der Waals surface area contributed by atoms with E-state index in [1.165, 1.54) is 17.7 Å². The average Bonchev–Trinajstić information content (AvgIpc) is 2.58. The molecule has 0 unspecified atom stereocenters. The summed E-state index contributed by atoms with van der Waals surface area (Å²) >= 11 is 1.56. The second kappa shape index (κ2) is 7.47. The first-order valence-electron chi connectivity index (χ1n) is 7.60. The molecule has 0 aromatic heterocycles. The normalized spacial score (nSPS) is 18.2. The van der Waals surface area contributed by atoms with Gasteiger partial charge in [0.25, 0.3) is 0 Å². The van der Waals surface area contributed by atoms with E-state index in [0.717, 1.165) is 29.0 Å². The molecule has 4 heteroatoms. The van der Waals surface area contributed by atoms with E-state index in [4.69, 9.17) is 4.74 Å². The van der Waals surface area contributed by atoms with E-state index in [9.17, 15) is 4.39 Å². The minimum absolute atomic E-state index is 0.218. The number of ether oxygens (including phenoxy) is 1. The average molecular weight is 327 g/mol. The molecule has 0 atom stereocenters. The van der Waals surface area contributed by atoms with Gasteiger partial charge < -0.3 is 4.74 Å². The Morgan fingerprint density at radius 1 is 1.09 bits per heavy atom. The molecule has 1 fully saturated rings. The Balaban J connectivity index is 1.79. The third kappa shape index (κ3) is 4.45. The molecule has 2 nitrogen and oxygen atoms in total. The number of rotatable bonds is 3. The third-order valence-corrected chi connectivity index (χ3v) is 4.47. The van der Waals surface area contributed by atoms with Crippen molar-refractivity contribution in [3.05, 3.63) is 70.9 Å². The summed E-state index contributed by atoms with van der Waals surface area (Å²) in [5.41, 5.74) is 3.19. The molecule has 1 saturated heterocycles. The van der Waals surface area contributed by atoms with Gasteiger partial charge in [-0.25, -0.2) is 9.38 Å². The van der Waals surface area contributed by atoms with E-state index >= 15 is 0 Å². The Bertz CT molecular complexity index is 720. The van der Waals surface area contributed by atoms with Crippen molar-refractivity contribution in [2.75, 3.05) is 6.61 Å². The lowest BCUT2D eigenvalue weighted by Gasteiger charge is -2.18. The zero-order valence-electron chi connectivity index (χ0n) is 13.0. The molecule has 2 aromatic carbocycles.